The number of benzene rings is 1. The Balaban J connectivity index is 1.75. The summed E-state index contributed by atoms with van der Waals surface area (Å²) in [6, 6.07) is 8.02. The van der Waals surface area contributed by atoms with Gasteiger partial charge in [-0.2, -0.15) is 0 Å². The molecule has 1 aromatic rings. The molecule has 1 heterocycles. The number of hydrogen-bond donors (Lipinski definition) is 1. The molecule has 112 valence electrons. The molecule has 1 aliphatic rings. The molecule has 2 rings (SSSR count). The van der Waals surface area contributed by atoms with Gasteiger partial charge >= 0.3 is 0 Å². The van der Waals surface area contributed by atoms with E-state index < -0.39 is 0 Å². The smallest absolute Gasteiger partial charge is 0.119 e. The van der Waals surface area contributed by atoms with Crippen LogP contribution in [0.25, 0.3) is 0 Å². The van der Waals surface area contributed by atoms with Crippen molar-refractivity contribution in [2.45, 2.75) is 26.3 Å². The number of methoxy groups -OCH3 is 1. The van der Waals surface area contributed by atoms with Crippen molar-refractivity contribution in [3.63, 3.8) is 0 Å². The van der Waals surface area contributed by atoms with Gasteiger partial charge in [0.25, 0.3) is 0 Å². The molecule has 20 heavy (non-hydrogen) atoms. The van der Waals surface area contributed by atoms with E-state index in [1.165, 1.54) is 0 Å². The maximum Gasteiger partial charge on any atom is 0.119 e. The van der Waals surface area contributed by atoms with E-state index in [9.17, 15) is 0 Å². The van der Waals surface area contributed by atoms with Crippen LogP contribution in [0, 0.1) is 5.41 Å². The summed E-state index contributed by atoms with van der Waals surface area (Å²) in [5.74, 6) is 1.74. The lowest BCUT2D eigenvalue weighted by atomic mass is 9.80. The highest BCUT2D eigenvalue weighted by atomic mass is 16.5. The molecule has 2 N–H and O–H groups in total. The fourth-order valence-corrected chi connectivity index (χ4v) is 2.64. The Morgan fingerprint density at radius 1 is 1.25 bits per heavy atom. The van der Waals surface area contributed by atoms with Gasteiger partial charge in [0.2, 0.25) is 0 Å². The van der Waals surface area contributed by atoms with E-state index in [1.54, 1.807) is 7.11 Å². The highest BCUT2D eigenvalue weighted by Gasteiger charge is 2.32. The lowest BCUT2D eigenvalue weighted by molar-refractivity contribution is 0.0831. The van der Waals surface area contributed by atoms with Gasteiger partial charge in [-0.15, -0.1) is 0 Å². The summed E-state index contributed by atoms with van der Waals surface area (Å²) < 4.78 is 10.9. The van der Waals surface area contributed by atoms with Gasteiger partial charge < -0.3 is 15.2 Å². The number of hydrogen-bond acceptors (Lipinski definition) is 4. The minimum absolute atomic E-state index is 0.193. The highest BCUT2D eigenvalue weighted by Crippen LogP contribution is 2.27. The number of rotatable bonds is 5. The average Bonchev–Trinajstić information content (AvgIpc) is 2.43. The first-order valence-electron chi connectivity index (χ1n) is 7.26. The van der Waals surface area contributed by atoms with E-state index in [2.05, 4.69) is 18.7 Å². The normalized spacial score (nSPS) is 22.5. The predicted molar refractivity (Wildman–Crippen MR) is 81.3 cm³/mol. The zero-order valence-electron chi connectivity index (χ0n) is 12.8. The number of ether oxygens (including phenoxy) is 2. The first kappa shape index (κ1) is 15.1. The third kappa shape index (κ3) is 3.87. The molecule has 1 fully saturated rings. The highest BCUT2D eigenvalue weighted by molar-refractivity contribution is 5.31. The number of piperidine rings is 1. The van der Waals surface area contributed by atoms with Crippen molar-refractivity contribution in [3.8, 4) is 11.5 Å². The third-order valence-electron chi connectivity index (χ3n) is 4.13. The van der Waals surface area contributed by atoms with Gasteiger partial charge in [0, 0.05) is 19.1 Å². The van der Waals surface area contributed by atoms with Gasteiger partial charge in [-0.1, -0.05) is 13.8 Å². The molecule has 4 nitrogen and oxygen atoms in total. The quantitative estimate of drug-likeness (QED) is 0.896. The zero-order chi connectivity index (χ0) is 14.6. The largest absolute Gasteiger partial charge is 0.497 e. The molecule has 1 aliphatic heterocycles. The molecule has 0 bridgehead atoms. The molecule has 1 aromatic carbocycles. The first-order chi connectivity index (χ1) is 9.51. The van der Waals surface area contributed by atoms with Crippen molar-refractivity contribution >= 4 is 0 Å². The van der Waals surface area contributed by atoms with Crippen LogP contribution in [0.1, 0.15) is 20.3 Å². The Kier molecular flexibility index (Phi) is 4.89. The van der Waals surface area contributed by atoms with Crippen LogP contribution >= 0.6 is 0 Å². The molecule has 0 spiro atoms. The summed E-state index contributed by atoms with van der Waals surface area (Å²) >= 11 is 0. The predicted octanol–water partition coefficient (Wildman–Crippen LogP) is 2.13. The summed E-state index contributed by atoms with van der Waals surface area (Å²) in [5, 5.41) is 0. The molecule has 0 amide bonds. The van der Waals surface area contributed by atoms with E-state index in [-0.39, 0.29) is 5.41 Å². The van der Waals surface area contributed by atoms with Crippen molar-refractivity contribution in [2.75, 3.05) is 33.4 Å². The number of nitrogens with zero attached hydrogens (tertiary/aromatic N) is 1. The van der Waals surface area contributed by atoms with Crippen LogP contribution in [0.15, 0.2) is 24.3 Å². The van der Waals surface area contributed by atoms with E-state index >= 15 is 0 Å². The lowest BCUT2D eigenvalue weighted by Crippen LogP contribution is -2.53. The van der Waals surface area contributed by atoms with Gasteiger partial charge in [-0.25, -0.2) is 0 Å². The molecule has 0 aromatic heterocycles. The summed E-state index contributed by atoms with van der Waals surface area (Å²) in [6.45, 7) is 8.25. The lowest BCUT2D eigenvalue weighted by Gasteiger charge is -2.42. The summed E-state index contributed by atoms with van der Waals surface area (Å²) in [7, 11) is 1.67. The molecule has 4 heteroatoms. The number of nitrogens with two attached hydrogens (primary N) is 1. The molecular formula is C16H26N2O2. The second-order valence-corrected chi connectivity index (χ2v) is 6.18. The zero-order valence-corrected chi connectivity index (χ0v) is 12.8. The SMILES string of the molecule is COc1ccc(OCCN2CCC(N)C(C)(C)C2)cc1. The first-order valence-corrected chi connectivity index (χ1v) is 7.26. The van der Waals surface area contributed by atoms with E-state index in [0.717, 1.165) is 37.6 Å². The van der Waals surface area contributed by atoms with Crippen LogP contribution in [0.3, 0.4) is 0 Å². The Bertz CT molecular complexity index is 417. The molecule has 0 saturated carbocycles. The van der Waals surface area contributed by atoms with Crippen molar-refractivity contribution in [2.24, 2.45) is 11.1 Å². The fourth-order valence-electron chi connectivity index (χ4n) is 2.64. The van der Waals surface area contributed by atoms with Crippen LogP contribution in [0.5, 0.6) is 11.5 Å². The molecule has 1 saturated heterocycles. The minimum atomic E-state index is 0.193. The van der Waals surface area contributed by atoms with E-state index in [1.807, 2.05) is 24.3 Å². The number of likely N-dealkylation sites (tertiary alicyclic amines) is 1. The molecule has 0 aliphatic carbocycles. The third-order valence-corrected chi connectivity index (χ3v) is 4.13. The Labute approximate surface area is 121 Å². The van der Waals surface area contributed by atoms with Gasteiger partial charge in [0.05, 0.1) is 7.11 Å². The standard InChI is InChI=1S/C16H26N2O2/c1-16(2)12-18(9-8-15(16)17)10-11-20-14-6-4-13(19-3)5-7-14/h4-7,15H,8-12,17H2,1-3H3. The van der Waals surface area contributed by atoms with Crippen molar-refractivity contribution in [1.29, 1.82) is 0 Å². The summed E-state index contributed by atoms with van der Waals surface area (Å²) in [4.78, 5) is 2.44. The topological polar surface area (TPSA) is 47.7 Å². The molecule has 0 radical (unpaired) electrons. The average molecular weight is 278 g/mol. The van der Waals surface area contributed by atoms with Gasteiger partial charge in [-0.3, -0.25) is 4.90 Å². The van der Waals surface area contributed by atoms with Crippen LogP contribution in [-0.4, -0.2) is 44.3 Å². The van der Waals surface area contributed by atoms with Crippen LogP contribution in [0.4, 0.5) is 0 Å². The second-order valence-electron chi connectivity index (χ2n) is 6.18. The van der Waals surface area contributed by atoms with E-state index in [4.69, 9.17) is 15.2 Å². The maximum atomic E-state index is 6.15. The molecule has 1 atom stereocenters. The molecular weight excluding hydrogens is 252 g/mol. The van der Waals surface area contributed by atoms with Crippen molar-refractivity contribution < 1.29 is 9.47 Å². The van der Waals surface area contributed by atoms with Gasteiger partial charge in [0.1, 0.15) is 18.1 Å². The van der Waals surface area contributed by atoms with Crippen LogP contribution < -0.4 is 15.2 Å². The van der Waals surface area contributed by atoms with Crippen LogP contribution in [0.2, 0.25) is 0 Å². The van der Waals surface area contributed by atoms with Crippen LogP contribution in [-0.2, 0) is 0 Å². The fraction of sp³-hybridized carbons (Fsp3) is 0.625. The summed E-state index contributed by atoms with van der Waals surface area (Å²) in [6.07, 6.45) is 1.07. The Hall–Kier alpha value is -1.26. The van der Waals surface area contributed by atoms with Gasteiger partial charge in [-0.05, 0) is 42.6 Å². The summed E-state index contributed by atoms with van der Waals surface area (Å²) in [5.41, 5.74) is 6.34. The van der Waals surface area contributed by atoms with Gasteiger partial charge in [0.15, 0.2) is 0 Å². The van der Waals surface area contributed by atoms with Crippen molar-refractivity contribution in [1.82, 2.24) is 4.90 Å². The molecule has 1 unspecified atom stereocenters. The van der Waals surface area contributed by atoms with E-state index in [0.29, 0.717) is 12.6 Å². The second kappa shape index (κ2) is 6.46. The minimum Gasteiger partial charge on any atom is -0.497 e. The Morgan fingerprint density at radius 2 is 1.90 bits per heavy atom. The monoisotopic (exact) mass is 278 g/mol. The Morgan fingerprint density at radius 3 is 2.50 bits per heavy atom. The maximum absolute atomic E-state index is 6.15. The van der Waals surface area contributed by atoms with Crippen molar-refractivity contribution in [3.05, 3.63) is 24.3 Å².